The third-order valence-corrected chi connectivity index (χ3v) is 2.59. The van der Waals surface area contributed by atoms with E-state index in [1.165, 1.54) is 0 Å². The van der Waals surface area contributed by atoms with E-state index in [1.807, 2.05) is 12.1 Å². The monoisotopic (exact) mass is 240 g/mol. The van der Waals surface area contributed by atoms with Gasteiger partial charge >= 0.3 is 0 Å². The standard InChI is InChI=1S/C13H20O4/c1-15-9-11-7-10(5-4-6-14)12(16-2)8-13(11)17-3/h7-8,14H,4-6,9H2,1-3H3. The lowest BCUT2D eigenvalue weighted by molar-refractivity contribution is 0.181. The van der Waals surface area contributed by atoms with Crippen molar-refractivity contribution in [2.45, 2.75) is 19.4 Å². The Morgan fingerprint density at radius 1 is 1.00 bits per heavy atom. The summed E-state index contributed by atoms with van der Waals surface area (Å²) in [5.74, 6) is 1.55. The topological polar surface area (TPSA) is 47.9 Å². The molecule has 0 heterocycles. The van der Waals surface area contributed by atoms with Gasteiger partial charge in [-0.1, -0.05) is 0 Å². The predicted molar refractivity (Wildman–Crippen MR) is 65.7 cm³/mol. The van der Waals surface area contributed by atoms with Gasteiger partial charge in [0.2, 0.25) is 0 Å². The first-order chi connectivity index (χ1) is 8.26. The Hall–Kier alpha value is -1.26. The molecule has 0 amide bonds. The van der Waals surface area contributed by atoms with E-state index >= 15 is 0 Å². The molecule has 1 rings (SSSR count). The lowest BCUT2D eigenvalue weighted by Crippen LogP contribution is -2.00. The van der Waals surface area contributed by atoms with E-state index in [0.29, 0.717) is 6.61 Å². The van der Waals surface area contributed by atoms with Crippen molar-refractivity contribution in [3.8, 4) is 11.5 Å². The molecule has 0 aliphatic carbocycles. The third kappa shape index (κ3) is 3.61. The minimum Gasteiger partial charge on any atom is -0.496 e. The van der Waals surface area contributed by atoms with Gasteiger partial charge in [0.15, 0.2) is 0 Å². The molecule has 17 heavy (non-hydrogen) atoms. The summed E-state index contributed by atoms with van der Waals surface area (Å²) >= 11 is 0. The van der Waals surface area contributed by atoms with Crippen molar-refractivity contribution in [3.05, 3.63) is 23.3 Å². The maximum absolute atomic E-state index is 8.87. The highest BCUT2D eigenvalue weighted by Crippen LogP contribution is 2.30. The number of aryl methyl sites for hydroxylation is 1. The summed E-state index contributed by atoms with van der Waals surface area (Å²) in [5, 5.41) is 8.87. The van der Waals surface area contributed by atoms with Crippen LogP contribution in [0.2, 0.25) is 0 Å². The second kappa shape index (κ2) is 7.14. The zero-order valence-corrected chi connectivity index (χ0v) is 10.7. The minimum atomic E-state index is 0.175. The van der Waals surface area contributed by atoms with Crippen molar-refractivity contribution in [2.75, 3.05) is 27.9 Å². The van der Waals surface area contributed by atoms with Crippen LogP contribution in [-0.2, 0) is 17.8 Å². The normalized spacial score (nSPS) is 10.4. The molecule has 0 spiro atoms. The summed E-state index contributed by atoms with van der Waals surface area (Å²) in [6.45, 7) is 0.675. The molecule has 0 bridgehead atoms. The average molecular weight is 240 g/mol. The van der Waals surface area contributed by atoms with Crippen LogP contribution in [0.1, 0.15) is 17.5 Å². The van der Waals surface area contributed by atoms with Gasteiger partial charge in [-0.05, 0) is 24.5 Å². The molecule has 0 saturated heterocycles. The summed E-state index contributed by atoms with van der Waals surface area (Å²) < 4.78 is 15.7. The first-order valence-electron chi connectivity index (χ1n) is 5.60. The molecule has 1 aromatic rings. The predicted octanol–water partition coefficient (Wildman–Crippen LogP) is 1.78. The number of benzene rings is 1. The fourth-order valence-electron chi connectivity index (χ4n) is 1.77. The van der Waals surface area contributed by atoms with Crippen LogP contribution in [-0.4, -0.2) is 33.0 Å². The second-order valence-corrected chi connectivity index (χ2v) is 3.74. The Balaban J connectivity index is 3.04. The molecule has 0 aliphatic heterocycles. The van der Waals surface area contributed by atoms with Crippen LogP contribution in [0.3, 0.4) is 0 Å². The van der Waals surface area contributed by atoms with Gasteiger partial charge in [0, 0.05) is 25.3 Å². The Morgan fingerprint density at radius 2 is 1.65 bits per heavy atom. The van der Waals surface area contributed by atoms with E-state index in [1.54, 1.807) is 21.3 Å². The molecule has 0 radical (unpaired) electrons. The number of methoxy groups -OCH3 is 3. The van der Waals surface area contributed by atoms with Crippen LogP contribution in [0.25, 0.3) is 0 Å². The first-order valence-corrected chi connectivity index (χ1v) is 5.60. The second-order valence-electron chi connectivity index (χ2n) is 3.74. The van der Waals surface area contributed by atoms with E-state index in [-0.39, 0.29) is 6.61 Å². The van der Waals surface area contributed by atoms with Gasteiger partial charge in [-0.2, -0.15) is 0 Å². The lowest BCUT2D eigenvalue weighted by atomic mass is 10.0. The summed E-state index contributed by atoms with van der Waals surface area (Å²) in [4.78, 5) is 0. The maximum Gasteiger partial charge on any atom is 0.128 e. The molecule has 0 atom stereocenters. The van der Waals surface area contributed by atoms with Crippen molar-refractivity contribution >= 4 is 0 Å². The van der Waals surface area contributed by atoms with Gasteiger partial charge in [-0.15, -0.1) is 0 Å². The number of hydrogen-bond acceptors (Lipinski definition) is 4. The SMILES string of the molecule is COCc1cc(CCCO)c(OC)cc1OC. The Kier molecular flexibility index (Phi) is 5.80. The van der Waals surface area contributed by atoms with Crippen molar-refractivity contribution in [1.29, 1.82) is 0 Å². The van der Waals surface area contributed by atoms with Crippen LogP contribution >= 0.6 is 0 Å². The molecule has 0 saturated carbocycles. The van der Waals surface area contributed by atoms with Crippen LogP contribution in [0.4, 0.5) is 0 Å². The third-order valence-electron chi connectivity index (χ3n) is 2.59. The van der Waals surface area contributed by atoms with E-state index < -0.39 is 0 Å². The van der Waals surface area contributed by atoms with E-state index in [0.717, 1.165) is 35.5 Å². The quantitative estimate of drug-likeness (QED) is 0.789. The van der Waals surface area contributed by atoms with Gasteiger partial charge < -0.3 is 19.3 Å². The highest BCUT2D eigenvalue weighted by Gasteiger charge is 2.10. The fourth-order valence-corrected chi connectivity index (χ4v) is 1.77. The van der Waals surface area contributed by atoms with Gasteiger partial charge in [0.25, 0.3) is 0 Å². The van der Waals surface area contributed by atoms with Crippen LogP contribution in [0.5, 0.6) is 11.5 Å². The Bertz CT molecular complexity index is 350. The summed E-state index contributed by atoms with van der Waals surface area (Å²) in [7, 11) is 4.91. The van der Waals surface area contributed by atoms with Crippen molar-refractivity contribution < 1.29 is 19.3 Å². The molecule has 0 unspecified atom stereocenters. The molecular weight excluding hydrogens is 220 g/mol. The number of hydrogen-bond donors (Lipinski definition) is 1. The van der Waals surface area contributed by atoms with Crippen molar-refractivity contribution in [1.82, 2.24) is 0 Å². The van der Waals surface area contributed by atoms with Gasteiger partial charge in [0.1, 0.15) is 11.5 Å². The molecule has 0 aromatic heterocycles. The summed E-state index contributed by atoms with van der Waals surface area (Å²) in [6, 6.07) is 3.87. The Labute approximate surface area is 102 Å². The fraction of sp³-hybridized carbons (Fsp3) is 0.538. The van der Waals surface area contributed by atoms with Gasteiger partial charge in [-0.3, -0.25) is 0 Å². The van der Waals surface area contributed by atoms with Crippen LogP contribution < -0.4 is 9.47 Å². The van der Waals surface area contributed by atoms with Crippen LogP contribution in [0.15, 0.2) is 12.1 Å². The number of aliphatic hydroxyl groups is 1. The highest BCUT2D eigenvalue weighted by molar-refractivity contribution is 5.46. The molecule has 1 aromatic carbocycles. The Morgan fingerprint density at radius 3 is 2.18 bits per heavy atom. The van der Waals surface area contributed by atoms with Crippen molar-refractivity contribution in [2.24, 2.45) is 0 Å². The van der Waals surface area contributed by atoms with E-state index in [4.69, 9.17) is 19.3 Å². The maximum atomic E-state index is 8.87. The molecule has 4 heteroatoms. The number of ether oxygens (including phenoxy) is 3. The molecule has 0 fully saturated rings. The molecule has 1 N–H and O–H groups in total. The van der Waals surface area contributed by atoms with E-state index in [2.05, 4.69) is 0 Å². The largest absolute Gasteiger partial charge is 0.496 e. The van der Waals surface area contributed by atoms with Crippen LogP contribution in [0, 0.1) is 0 Å². The van der Waals surface area contributed by atoms with Gasteiger partial charge in [0.05, 0.1) is 20.8 Å². The zero-order valence-electron chi connectivity index (χ0n) is 10.7. The first kappa shape index (κ1) is 13.8. The number of aliphatic hydroxyl groups excluding tert-OH is 1. The smallest absolute Gasteiger partial charge is 0.128 e. The van der Waals surface area contributed by atoms with Gasteiger partial charge in [-0.25, -0.2) is 0 Å². The lowest BCUT2D eigenvalue weighted by Gasteiger charge is -2.14. The molecule has 0 aliphatic rings. The minimum absolute atomic E-state index is 0.175. The highest BCUT2D eigenvalue weighted by atomic mass is 16.5. The van der Waals surface area contributed by atoms with Crippen molar-refractivity contribution in [3.63, 3.8) is 0 Å². The molecule has 96 valence electrons. The molecule has 4 nitrogen and oxygen atoms in total. The number of rotatable bonds is 7. The average Bonchev–Trinajstić information content (AvgIpc) is 2.36. The van der Waals surface area contributed by atoms with E-state index in [9.17, 15) is 0 Å². The zero-order chi connectivity index (χ0) is 12.7. The summed E-state index contributed by atoms with van der Waals surface area (Å²) in [5.41, 5.74) is 2.05. The summed E-state index contributed by atoms with van der Waals surface area (Å²) in [6.07, 6.45) is 1.50. The molecular formula is C13H20O4.